The second kappa shape index (κ2) is 8.11. The highest BCUT2D eigenvalue weighted by atomic mass is 15.3. The van der Waals surface area contributed by atoms with Crippen molar-refractivity contribution in [3.63, 3.8) is 0 Å². The first-order chi connectivity index (χ1) is 13.2. The average molecular weight is 367 g/mol. The Kier molecular flexibility index (Phi) is 5.41. The van der Waals surface area contributed by atoms with E-state index in [1.807, 2.05) is 24.7 Å². The van der Waals surface area contributed by atoms with Crippen molar-refractivity contribution in [2.75, 3.05) is 47.9 Å². The van der Waals surface area contributed by atoms with Crippen LogP contribution in [0.2, 0.25) is 0 Å². The van der Waals surface area contributed by atoms with Crippen LogP contribution in [-0.2, 0) is 0 Å². The summed E-state index contributed by atoms with van der Waals surface area (Å²) in [4.78, 5) is 20.8. The summed E-state index contributed by atoms with van der Waals surface area (Å²) in [5.41, 5.74) is 2.54. The van der Waals surface area contributed by atoms with Crippen LogP contribution in [0.25, 0.3) is 0 Å². The second-order valence-electron chi connectivity index (χ2n) is 7.75. The highest BCUT2D eigenvalue weighted by Gasteiger charge is 2.23. The van der Waals surface area contributed by atoms with E-state index in [1.54, 1.807) is 0 Å². The summed E-state index contributed by atoms with van der Waals surface area (Å²) in [6.07, 6.45) is 12.3. The first-order valence-corrected chi connectivity index (χ1v) is 10.2. The Morgan fingerprint density at radius 2 is 1.70 bits per heavy atom. The summed E-state index contributed by atoms with van der Waals surface area (Å²) in [7, 11) is 2.15. The largest absolute Gasteiger partial charge is 0.368 e. The molecule has 6 nitrogen and oxygen atoms in total. The Morgan fingerprint density at radius 3 is 2.44 bits per heavy atom. The van der Waals surface area contributed by atoms with E-state index in [2.05, 4.69) is 44.7 Å². The molecule has 6 heteroatoms. The topological polar surface area (TPSA) is 48.4 Å². The van der Waals surface area contributed by atoms with Crippen molar-refractivity contribution in [3.8, 4) is 0 Å². The number of piperazine rings is 1. The average Bonchev–Trinajstić information content (AvgIpc) is 2.74. The van der Waals surface area contributed by atoms with Gasteiger partial charge in [-0.15, -0.1) is 0 Å². The molecule has 27 heavy (non-hydrogen) atoms. The van der Waals surface area contributed by atoms with Crippen molar-refractivity contribution in [2.24, 2.45) is 0 Å². The molecular formula is C21H30N6. The minimum absolute atomic E-state index is 0.584. The van der Waals surface area contributed by atoms with Gasteiger partial charge in [-0.3, -0.25) is 4.98 Å². The maximum absolute atomic E-state index is 4.90. The lowest BCUT2D eigenvalue weighted by Gasteiger charge is -2.37. The summed E-state index contributed by atoms with van der Waals surface area (Å²) in [6, 6.07) is 4.75. The Morgan fingerprint density at radius 1 is 0.963 bits per heavy atom. The fourth-order valence-corrected chi connectivity index (χ4v) is 4.31. The van der Waals surface area contributed by atoms with Gasteiger partial charge in [-0.1, -0.05) is 19.3 Å². The van der Waals surface area contributed by atoms with Crippen molar-refractivity contribution in [1.29, 1.82) is 0 Å². The first-order valence-electron chi connectivity index (χ1n) is 10.2. The third-order valence-electron chi connectivity index (χ3n) is 6.00. The Balaban J connectivity index is 1.42. The van der Waals surface area contributed by atoms with Gasteiger partial charge in [0.25, 0.3) is 0 Å². The van der Waals surface area contributed by atoms with E-state index in [1.165, 1.54) is 43.4 Å². The third kappa shape index (κ3) is 3.99. The van der Waals surface area contributed by atoms with Gasteiger partial charge in [0.05, 0.1) is 0 Å². The number of aromatic nitrogens is 3. The monoisotopic (exact) mass is 366 g/mol. The summed E-state index contributed by atoms with van der Waals surface area (Å²) >= 11 is 0. The van der Waals surface area contributed by atoms with Gasteiger partial charge in [-0.2, -0.15) is 4.98 Å². The van der Waals surface area contributed by atoms with Crippen LogP contribution in [-0.4, -0.2) is 54.2 Å². The molecule has 2 fully saturated rings. The van der Waals surface area contributed by atoms with Crippen LogP contribution in [0.4, 0.5) is 17.5 Å². The molecule has 1 aliphatic carbocycles. The fraction of sp³-hybridized carbons (Fsp3) is 0.571. The number of aryl methyl sites for hydroxylation is 1. The van der Waals surface area contributed by atoms with E-state index < -0.39 is 0 Å². The predicted molar refractivity (Wildman–Crippen MR) is 111 cm³/mol. The second-order valence-corrected chi connectivity index (χ2v) is 7.75. The van der Waals surface area contributed by atoms with E-state index in [0.717, 1.165) is 37.9 Å². The van der Waals surface area contributed by atoms with Crippen molar-refractivity contribution >= 4 is 17.5 Å². The first kappa shape index (κ1) is 18.0. The van der Waals surface area contributed by atoms with E-state index >= 15 is 0 Å². The summed E-state index contributed by atoms with van der Waals surface area (Å²) in [6.45, 7) is 6.09. The van der Waals surface area contributed by atoms with Crippen LogP contribution in [0.5, 0.6) is 0 Å². The lowest BCUT2D eigenvalue weighted by molar-refractivity contribution is 0.424. The van der Waals surface area contributed by atoms with Crippen LogP contribution in [0, 0.1) is 6.92 Å². The molecule has 0 spiro atoms. The van der Waals surface area contributed by atoms with Crippen LogP contribution >= 0.6 is 0 Å². The molecule has 1 saturated heterocycles. The minimum Gasteiger partial charge on any atom is -0.368 e. The Bertz CT molecular complexity index is 750. The molecular weight excluding hydrogens is 336 g/mol. The van der Waals surface area contributed by atoms with Gasteiger partial charge in [0.2, 0.25) is 5.95 Å². The Hall–Kier alpha value is -2.37. The molecule has 4 rings (SSSR count). The summed E-state index contributed by atoms with van der Waals surface area (Å²) in [5, 5.41) is 0. The number of anilines is 3. The molecule has 1 saturated carbocycles. The molecule has 2 aliphatic rings. The van der Waals surface area contributed by atoms with Gasteiger partial charge in [0.15, 0.2) is 0 Å². The van der Waals surface area contributed by atoms with E-state index in [0.29, 0.717) is 6.04 Å². The molecule has 3 heterocycles. The molecule has 0 radical (unpaired) electrons. The number of pyridine rings is 1. The van der Waals surface area contributed by atoms with Gasteiger partial charge < -0.3 is 14.7 Å². The minimum atomic E-state index is 0.584. The van der Waals surface area contributed by atoms with Crippen molar-refractivity contribution in [2.45, 2.75) is 45.1 Å². The van der Waals surface area contributed by atoms with Gasteiger partial charge in [-0.05, 0) is 37.5 Å². The summed E-state index contributed by atoms with van der Waals surface area (Å²) < 4.78 is 0. The number of rotatable bonds is 4. The van der Waals surface area contributed by atoms with Crippen molar-refractivity contribution < 1.29 is 0 Å². The standard InChI is InChI=1S/C21H30N6/c1-17-16-22-10-8-19(17)26-12-14-27(15-13-26)20-9-11-23-21(24-20)25(2)18-6-4-3-5-7-18/h8-11,16,18H,3-7,12-15H2,1-2H3. The van der Waals surface area contributed by atoms with E-state index in [9.17, 15) is 0 Å². The van der Waals surface area contributed by atoms with Gasteiger partial charge >= 0.3 is 0 Å². The van der Waals surface area contributed by atoms with Crippen LogP contribution < -0.4 is 14.7 Å². The molecule has 0 N–H and O–H groups in total. The predicted octanol–water partition coefficient (Wildman–Crippen LogP) is 3.28. The van der Waals surface area contributed by atoms with E-state index in [4.69, 9.17) is 4.98 Å². The zero-order valence-electron chi connectivity index (χ0n) is 16.5. The maximum atomic E-state index is 4.90. The van der Waals surface area contributed by atoms with Crippen LogP contribution in [0.15, 0.2) is 30.7 Å². The Labute approximate surface area is 162 Å². The zero-order chi connectivity index (χ0) is 18.6. The van der Waals surface area contributed by atoms with Crippen molar-refractivity contribution in [1.82, 2.24) is 15.0 Å². The van der Waals surface area contributed by atoms with Crippen LogP contribution in [0.3, 0.4) is 0 Å². The fourth-order valence-electron chi connectivity index (χ4n) is 4.31. The number of hydrogen-bond acceptors (Lipinski definition) is 6. The molecule has 0 aromatic carbocycles. The molecule has 0 bridgehead atoms. The lowest BCUT2D eigenvalue weighted by atomic mass is 9.95. The highest BCUT2D eigenvalue weighted by molar-refractivity contribution is 5.54. The lowest BCUT2D eigenvalue weighted by Crippen LogP contribution is -2.47. The maximum Gasteiger partial charge on any atom is 0.227 e. The molecule has 0 amide bonds. The van der Waals surface area contributed by atoms with Crippen LogP contribution in [0.1, 0.15) is 37.7 Å². The highest BCUT2D eigenvalue weighted by Crippen LogP contribution is 2.26. The number of nitrogens with zero attached hydrogens (tertiary/aromatic N) is 6. The molecule has 0 unspecified atom stereocenters. The number of hydrogen-bond donors (Lipinski definition) is 0. The quantitative estimate of drug-likeness (QED) is 0.828. The third-order valence-corrected chi connectivity index (χ3v) is 6.00. The molecule has 1 aliphatic heterocycles. The normalized spacial score (nSPS) is 18.6. The molecule has 2 aromatic rings. The van der Waals surface area contributed by atoms with Gasteiger partial charge in [-0.25, -0.2) is 4.98 Å². The molecule has 144 valence electrons. The van der Waals surface area contributed by atoms with Crippen molar-refractivity contribution in [3.05, 3.63) is 36.3 Å². The summed E-state index contributed by atoms with van der Waals surface area (Å²) in [5.74, 6) is 1.92. The smallest absolute Gasteiger partial charge is 0.227 e. The zero-order valence-corrected chi connectivity index (χ0v) is 16.5. The van der Waals surface area contributed by atoms with E-state index in [-0.39, 0.29) is 0 Å². The molecule has 2 aromatic heterocycles. The van der Waals surface area contributed by atoms with Gasteiger partial charge in [0, 0.05) is 63.5 Å². The molecule has 0 atom stereocenters. The SMILES string of the molecule is Cc1cnccc1N1CCN(c2ccnc(N(C)C3CCCCC3)n2)CC1. The van der Waals surface area contributed by atoms with Gasteiger partial charge in [0.1, 0.15) is 5.82 Å².